The molecule has 2 fully saturated rings. The summed E-state index contributed by atoms with van der Waals surface area (Å²) in [5, 5.41) is 2.71. The summed E-state index contributed by atoms with van der Waals surface area (Å²) in [6.07, 6.45) is 2.55. The Balaban J connectivity index is 1.35. The summed E-state index contributed by atoms with van der Waals surface area (Å²) in [6, 6.07) is 6.11. The molecule has 1 aliphatic carbocycles. The summed E-state index contributed by atoms with van der Waals surface area (Å²) in [5.74, 6) is -5.22. The first-order chi connectivity index (χ1) is 18.6. The number of halogens is 3. The molecular formula is C28H29F3N2O6. The lowest BCUT2D eigenvalue weighted by molar-refractivity contribution is -0.149. The van der Waals surface area contributed by atoms with Crippen LogP contribution in [0.1, 0.15) is 60.0 Å². The number of nitrogens with zero attached hydrogens (tertiary/aromatic N) is 1. The van der Waals surface area contributed by atoms with Gasteiger partial charge in [0.1, 0.15) is 18.5 Å². The molecule has 11 heteroatoms. The highest BCUT2D eigenvalue weighted by atomic mass is 19.2. The molecule has 1 saturated carbocycles. The van der Waals surface area contributed by atoms with Crippen LogP contribution in [0.4, 0.5) is 13.2 Å². The fourth-order valence-corrected chi connectivity index (χ4v) is 4.61. The number of carbonyl (C=O) groups excluding carboxylic acids is 4. The van der Waals surface area contributed by atoms with Gasteiger partial charge in [0, 0.05) is 37.1 Å². The van der Waals surface area contributed by atoms with Crippen molar-refractivity contribution in [3.05, 3.63) is 70.5 Å². The molecule has 0 unspecified atom stereocenters. The van der Waals surface area contributed by atoms with E-state index in [9.17, 15) is 32.3 Å². The first-order valence-electron chi connectivity index (χ1n) is 12.7. The number of amides is 2. The van der Waals surface area contributed by atoms with Crippen LogP contribution >= 0.6 is 0 Å². The first kappa shape index (κ1) is 28.1. The van der Waals surface area contributed by atoms with Crippen molar-refractivity contribution in [2.45, 2.75) is 63.8 Å². The van der Waals surface area contributed by atoms with Crippen molar-refractivity contribution < 1.29 is 41.8 Å². The first-order valence-corrected chi connectivity index (χ1v) is 12.7. The van der Waals surface area contributed by atoms with Gasteiger partial charge in [0.05, 0.1) is 12.7 Å². The van der Waals surface area contributed by atoms with E-state index in [-0.39, 0.29) is 43.4 Å². The highest BCUT2D eigenvalue weighted by molar-refractivity contribution is 5.89. The Morgan fingerprint density at radius 2 is 1.79 bits per heavy atom. The zero-order chi connectivity index (χ0) is 28.1. The van der Waals surface area contributed by atoms with Crippen molar-refractivity contribution in [3.63, 3.8) is 0 Å². The minimum Gasteiger partial charge on any atom is -0.465 e. The molecule has 2 aliphatic rings. The standard InChI is InChI=1S/C28H29F3N2O6/c1-38-27(36)18-6-4-17(5-7-18)15-39-28(37)23(10-16-2-3-16)32-24(34)13-21-8-9-25(35)33(21)14-19-11-20(29)12-22(30)26(19)31/h4-7,11-12,16,21,23H,2-3,8-10,13-15H2,1H3,(H,32,34)/t21-,23-/m0/s1. The Hall–Kier alpha value is -3.89. The van der Waals surface area contributed by atoms with E-state index in [0.29, 0.717) is 30.0 Å². The van der Waals surface area contributed by atoms with E-state index in [4.69, 9.17) is 4.74 Å². The normalized spacial score (nSPS) is 17.6. The molecule has 2 atom stereocenters. The van der Waals surface area contributed by atoms with Crippen molar-refractivity contribution in [2.24, 2.45) is 5.92 Å². The molecule has 8 nitrogen and oxygen atoms in total. The van der Waals surface area contributed by atoms with Crippen LogP contribution in [0.15, 0.2) is 36.4 Å². The van der Waals surface area contributed by atoms with Crippen molar-refractivity contribution in [1.82, 2.24) is 10.2 Å². The molecule has 1 aliphatic heterocycles. The molecule has 4 rings (SSSR count). The Morgan fingerprint density at radius 3 is 2.46 bits per heavy atom. The van der Waals surface area contributed by atoms with Gasteiger partial charge in [-0.05, 0) is 42.5 Å². The van der Waals surface area contributed by atoms with Crippen LogP contribution in [0.5, 0.6) is 0 Å². The summed E-state index contributed by atoms with van der Waals surface area (Å²) in [6.45, 7) is -0.433. The summed E-state index contributed by atoms with van der Waals surface area (Å²) < 4.78 is 51.5. The number of hydrogen-bond acceptors (Lipinski definition) is 6. The zero-order valence-electron chi connectivity index (χ0n) is 21.4. The van der Waals surface area contributed by atoms with E-state index >= 15 is 0 Å². The van der Waals surface area contributed by atoms with Crippen molar-refractivity contribution >= 4 is 23.8 Å². The molecule has 2 aromatic carbocycles. The Kier molecular flexibility index (Phi) is 8.88. The summed E-state index contributed by atoms with van der Waals surface area (Å²) in [4.78, 5) is 51.0. The molecule has 0 aromatic heterocycles. The van der Waals surface area contributed by atoms with Crippen LogP contribution in [-0.4, -0.2) is 47.8 Å². The molecule has 0 radical (unpaired) electrons. The van der Waals surface area contributed by atoms with Crippen LogP contribution in [0, 0.1) is 23.4 Å². The molecule has 0 bridgehead atoms. The lowest BCUT2D eigenvalue weighted by Gasteiger charge is -2.26. The fourth-order valence-electron chi connectivity index (χ4n) is 4.61. The van der Waals surface area contributed by atoms with Crippen molar-refractivity contribution in [3.8, 4) is 0 Å². The maximum atomic E-state index is 14.2. The third kappa shape index (κ3) is 7.36. The van der Waals surface area contributed by atoms with Crippen molar-refractivity contribution in [2.75, 3.05) is 7.11 Å². The SMILES string of the molecule is COC(=O)c1ccc(COC(=O)[C@H](CC2CC2)NC(=O)C[C@@H]2CCC(=O)N2Cc2cc(F)cc(F)c2F)cc1. The number of methoxy groups -OCH3 is 1. The van der Waals surface area contributed by atoms with Gasteiger partial charge in [-0.15, -0.1) is 0 Å². The Labute approximate surface area is 223 Å². The Morgan fingerprint density at radius 1 is 1.08 bits per heavy atom. The van der Waals surface area contributed by atoms with Crippen LogP contribution < -0.4 is 5.32 Å². The second-order valence-electron chi connectivity index (χ2n) is 9.87. The Bertz CT molecular complexity index is 1250. The predicted octanol–water partition coefficient (Wildman–Crippen LogP) is 3.80. The highest BCUT2D eigenvalue weighted by Gasteiger charge is 2.36. The van der Waals surface area contributed by atoms with Gasteiger partial charge in [-0.25, -0.2) is 22.8 Å². The third-order valence-corrected chi connectivity index (χ3v) is 6.92. The smallest absolute Gasteiger partial charge is 0.337 e. The molecule has 2 amide bonds. The maximum absolute atomic E-state index is 14.2. The monoisotopic (exact) mass is 546 g/mol. The van der Waals surface area contributed by atoms with Crippen molar-refractivity contribution in [1.29, 1.82) is 0 Å². The number of nitrogens with one attached hydrogen (secondary N) is 1. The van der Waals surface area contributed by atoms with Gasteiger partial charge < -0.3 is 19.7 Å². The van der Waals surface area contributed by atoms with Gasteiger partial charge in [-0.1, -0.05) is 25.0 Å². The molecule has 1 heterocycles. The molecule has 1 saturated heterocycles. The van der Waals surface area contributed by atoms with Crippen LogP contribution in [-0.2, 0) is 37.0 Å². The number of ether oxygens (including phenoxy) is 2. The van der Waals surface area contributed by atoms with Gasteiger partial charge in [0.15, 0.2) is 11.6 Å². The van der Waals surface area contributed by atoms with Gasteiger partial charge >= 0.3 is 11.9 Å². The molecule has 1 N–H and O–H groups in total. The molecular weight excluding hydrogens is 517 g/mol. The number of esters is 2. The fraction of sp³-hybridized carbons (Fsp3) is 0.429. The van der Waals surface area contributed by atoms with Crippen LogP contribution in [0.3, 0.4) is 0 Å². The summed E-state index contributed by atoms with van der Waals surface area (Å²) in [5.41, 5.74) is 0.688. The number of hydrogen-bond donors (Lipinski definition) is 1. The van der Waals surface area contributed by atoms with Crippen LogP contribution in [0.25, 0.3) is 0 Å². The van der Waals surface area contributed by atoms with E-state index in [2.05, 4.69) is 10.1 Å². The average molecular weight is 547 g/mol. The largest absolute Gasteiger partial charge is 0.465 e. The number of carbonyl (C=O) groups is 4. The third-order valence-electron chi connectivity index (χ3n) is 6.92. The van der Waals surface area contributed by atoms with Gasteiger partial charge in [-0.2, -0.15) is 0 Å². The van der Waals surface area contributed by atoms with E-state index < -0.39 is 47.4 Å². The highest BCUT2D eigenvalue weighted by Crippen LogP contribution is 2.34. The van der Waals surface area contributed by atoms with E-state index in [1.807, 2.05) is 0 Å². The topological polar surface area (TPSA) is 102 Å². The molecule has 2 aromatic rings. The van der Waals surface area contributed by atoms with Gasteiger partial charge in [0.2, 0.25) is 11.8 Å². The zero-order valence-corrected chi connectivity index (χ0v) is 21.4. The molecule has 0 spiro atoms. The summed E-state index contributed by atoms with van der Waals surface area (Å²) in [7, 11) is 1.28. The lowest BCUT2D eigenvalue weighted by atomic mass is 10.1. The van der Waals surface area contributed by atoms with Gasteiger partial charge in [0.25, 0.3) is 0 Å². The van der Waals surface area contributed by atoms with Gasteiger partial charge in [-0.3, -0.25) is 9.59 Å². The predicted molar refractivity (Wildman–Crippen MR) is 131 cm³/mol. The van der Waals surface area contributed by atoms with E-state index in [1.54, 1.807) is 24.3 Å². The minimum atomic E-state index is -1.35. The number of benzene rings is 2. The average Bonchev–Trinajstić information content (AvgIpc) is 3.68. The maximum Gasteiger partial charge on any atom is 0.337 e. The van der Waals surface area contributed by atoms with E-state index in [1.165, 1.54) is 12.0 Å². The summed E-state index contributed by atoms with van der Waals surface area (Å²) >= 11 is 0. The quantitative estimate of drug-likeness (QED) is 0.340. The van der Waals surface area contributed by atoms with Crippen LogP contribution in [0.2, 0.25) is 0 Å². The second kappa shape index (κ2) is 12.3. The molecule has 208 valence electrons. The lowest BCUT2D eigenvalue weighted by Crippen LogP contribution is -2.44. The molecule has 39 heavy (non-hydrogen) atoms. The second-order valence-corrected chi connectivity index (χ2v) is 9.87. The number of rotatable bonds is 11. The van der Waals surface area contributed by atoms with E-state index in [0.717, 1.165) is 18.9 Å². The minimum absolute atomic E-state index is 0.0576. The number of likely N-dealkylation sites (tertiary alicyclic amines) is 1.